The monoisotopic (exact) mass is 303 g/mol. The number of benzene rings is 2. The lowest BCUT2D eigenvalue weighted by molar-refractivity contribution is 0.879. The molecule has 1 aromatic heterocycles. The Hall–Kier alpha value is -2.45. The van der Waals surface area contributed by atoms with E-state index in [9.17, 15) is 0 Å². The van der Waals surface area contributed by atoms with Crippen LogP contribution in [0.2, 0.25) is 0 Å². The maximum atomic E-state index is 4.76. The highest BCUT2D eigenvalue weighted by Crippen LogP contribution is 2.25. The molecule has 0 unspecified atom stereocenters. The number of rotatable bonds is 5. The Bertz CT molecular complexity index is 688. The lowest BCUT2D eigenvalue weighted by Crippen LogP contribution is -1.97. The Labute approximate surface area is 135 Å². The van der Waals surface area contributed by atoms with E-state index in [1.165, 1.54) is 16.0 Å². The normalized spacial score (nSPS) is 11.7. The third-order valence-corrected chi connectivity index (χ3v) is 4.19. The molecule has 2 heteroatoms. The molecule has 0 amide bonds. The van der Waals surface area contributed by atoms with E-state index in [4.69, 9.17) is 4.99 Å². The number of hydrogen-bond acceptors (Lipinski definition) is 2. The summed E-state index contributed by atoms with van der Waals surface area (Å²) in [7, 11) is 0. The van der Waals surface area contributed by atoms with Gasteiger partial charge in [-0.15, -0.1) is 11.3 Å². The van der Waals surface area contributed by atoms with Crippen LogP contribution in [0.3, 0.4) is 0 Å². The fraction of sp³-hybridized carbons (Fsp3) is 0.0500. The number of nitrogens with zero attached hydrogens (tertiary/aromatic N) is 1. The van der Waals surface area contributed by atoms with Crippen LogP contribution < -0.4 is 0 Å². The molecule has 1 nitrogen and oxygen atoms in total. The topological polar surface area (TPSA) is 12.4 Å². The molecule has 3 rings (SSSR count). The summed E-state index contributed by atoms with van der Waals surface area (Å²) >= 11 is 1.73. The molecule has 0 aliphatic rings. The molecule has 108 valence electrons. The van der Waals surface area contributed by atoms with Crippen LogP contribution in [-0.2, 0) is 0 Å². The zero-order valence-corrected chi connectivity index (χ0v) is 13.0. The van der Waals surface area contributed by atoms with Crippen LogP contribution in [0.25, 0.3) is 6.08 Å². The molecular weight excluding hydrogens is 286 g/mol. The van der Waals surface area contributed by atoms with Gasteiger partial charge in [0.15, 0.2) is 0 Å². The summed E-state index contributed by atoms with van der Waals surface area (Å²) in [5.74, 6) is 0. The van der Waals surface area contributed by atoms with Gasteiger partial charge in [0.25, 0.3) is 0 Å². The Balaban J connectivity index is 1.83. The van der Waals surface area contributed by atoms with Crippen LogP contribution >= 0.6 is 11.3 Å². The van der Waals surface area contributed by atoms with Gasteiger partial charge < -0.3 is 0 Å². The van der Waals surface area contributed by atoms with Crippen molar-refractivity contribution in [2.75, 3.05) is 0 Å². The van der Waals surface area contributed by atoms with Crippen LogP contribution in [0.5, 0.6) is 0 Å². The molecule has 0 saturated carbocycles. The van der Waals surface area contributed by atoms with E-state index in [-0.39, 0.29) is 6.04 Å². The van der Waals surface area contributed by atoms with Gasteiger partial charge in [0.1, 0.15) is 0 Å². The van der Waals surface area contributed by atoms with Crippen molar-refractivity contribution in [3.05, 3.63) is 100 Å². The van der Waals surface area contributed by atoms with Gasteiger partial charge in [-0.25, -0.2) is 0 Å². The van der Waals surface area contributed by atoms with Gasteiger partial charge in [0.2, 0.25) is 0 Å². The van der Waals surface area contributed by atoms with Crippen molar-refractivity contribution in [3.63, 3.8) is 0 Å². The highest BCUT2D eigenvalue weighted by molar-refractivity contribution is 7.10. The summed E-state index contributed by atoms with van der Waals surface area (Å²) in [5, 5.41) is 2.08. The van der Waals surface area contributed by atoms with E-state index in [0.717, 1.165) is 0 Å². The molecule has 0 N–H and O–H groups in total. The van der Waals surface area contributed by atoms with Gasteiger partial charge in [-0.2, -0.15) is 0 Å². The van der Waals surface area contributed by atoms with E-state index < -0.39 is 0 Å². The van der Waals surface area contributed by atoms with Crippen molar-refractivity contribution < 1.29 is 0 Å². The van der Waals surface area contributed by atoms with E-state index in [1.54, 1.807) is 11.3 Å². The quantitative estimate of drug-likeness (QED) is 0.542. The third-order valence-electron chi connectivity index (χ3n) is 3.36. The van der Waals surface area contributed by atoms with Gasteiger partial charge in [-0.05, 0) is 34.7 Å². The minimum absolute atomic E-state index is 0.0374. The van der Waals surface area contributed by atoms with Crippen molar-refractivity contribution in [2.24, 2.45) is 4.99 Å². The second-order valence-electron chi connectivity index (χ2n) is 4.90. The molecular formula is C20H17NS. The third kappa shape index (κ3) is 3.80. The molecule has 2 aromatic carbocycles. The summed E-state index contributed by atoms with van der Waals surface area (Å²) in [6.45, 7) is 0. The maximum absolute atomic E-state index is 4.76. The molecule has 1 heterocycles. The fourth-order valence-electron chi connectivity index (χ4n) is 2.29. The summed E-state index contributed by atoms with van der Waals surface area (Å²) in [4.78, 5) is 5.99. The molecule has 0 aliphatic heterocycles. The maximum Gasteiger partial charge on any atom is 0.0999 e. The van der Waals surface area contributed by atoms with Crippen LogP contribution in [0.4, 0.5) is 0 Å². The predicted molar refractivity (Wildman–Crippen MR) is 96.6 cm³/mol. The number of allylic oxidation sites excluding steroid dienone is 1. The highest BCUT2D eigenvalue weighted by Gasteiger charge is 2.10. The first-order valence-corrected chi connectivity index (χ1v) is 8.15. The minimum atomic E-state index is 0.0374. The zero-order chi connectivity index (χ0) is 15.0. The molecule has 0 bridgehead atoms. The van der Waals surface area contributed by atoms with E-state index in [2.05, 4.69) is 72.1 Å². The molecule has 0 spiro atoms. The first-order chi connectivity index (χ1) is 10.9. The molecule has 0 aliphatic carbocycles. The average Bonchev–Trinajstić information content (AvgIpc) is 3.10. The average molecular weight is 303 g/mol. The summed E-state index contributed by atoms with van der Waals surface area (Å²) in [6.07, 6.45) is 5.98. The van der Waals surface area contributed by atoms with Gasteiger partial charge in [0.05, 0.1) is 6.04 Å². The molecule has 0 atom stereocenters. The van der Waals surface area contributed by atoms with Crippen molar-refractivity contribution in [1.29, 1.82) is 0 Å². The van der Waals surface area contributed by atoms with Crippen molar-refractivity contribution in [3.8, 4) is 0 Å². The predicted octanol–water partition coefficient (Wildman–Crippen LogP) is 5.62. The molecule has 22 heavy (non-hydrogen) atoms. The second kappa shape index (κ2) is 7.53. The standard InChI is InChI=1S/C20H17NS/c1-3-9-17(10-4-1)20(18-11-5-2-6-12-18)21-15-7-13-19-14-8-16-22-19/h1-16,20H/b13-7+,21-15?. The second-order valence-corrected chi connectivity index (χ2v) is 5.88. The Morgan fingerprint density at radius 1 is 0.773 bits per heavy atom. The summed E-state index contributed by atoms with van der Waals surface area (Å²) in [5.41, 5.74) is 2.41. The number of thiophene rings is 1. The molecule has 3 aromatic rings. The van der Waals surface area contributed by atoms with Crippen LogP contribution in [-0.4, -0.2) is 6.21 Å². The van der Waals surface area contributed by atoms with Gasteiger partial charge in [0, 0.05) is 11.1 Å². The van der Waals surface area contributed by atoms with E-state index >= 15 is 0 Å². The smallest absolute Gasteiger partial charge is 0.0999 e. The fourth-order valence-corrected chi connectivity index (χ4v) is 2.92. The first-order valence-electron chi connectivity index (χ1n) is 7.27. The van der Waals surface area contributed by atoms with Gasteiger partial charge >= 0.3 is 0 Å². The molecule has 0 radical (unpaired) electrons. The van der Waals surface area contributed by atoms with Gasteiger partial charge in [-0.1, -0.05) is 66.7 Å². The number of aliphatic imine (C=N–C) groups is 1. The zero-order valence-electron chi connectivity index (χ0n) is 12.2. The van der Waals surface area contributed by atoms with E-state index in [1.807, 2.05) is 24.4 Å². The summed E-state index contributed by atoms with van der Waals surface area (Å²) < 4.78 is 0. The van der Waals surface area contributed by atoms with Crippen LogP contribution in [0, 0.1) is 0 Å². The van der Waals surface area contributed by atoms with E-state index in [0.29, 0.717) is 0 Å². The number of hydrogen-bond donors (Lipinski definition) is 0. The van der Waals surface area contributed by atoms with Crippen molar-refractivity contribution in [2.45, 2.75) is 6.04 Å². The van der Waals surface area contributed by atoms with Gasteiger partial charge in [-0.3, -0.25) is 4.99 Å². The Morgan fingerprint density at radius 3 is 1.95 bits per heavy atom. The lowest BCUT2D eigenvalue weighted by atomic mass is 9.99. The highest BCUT2D eigenvalue weighted by atomic mass is 32.1. The van der Waals surface area contributed by atoms with Crippen molar-refractivity contribution in [1.82, 2.24) is 0 Å². The first kappa shape index (κ1) is 14.5. The lowest BCUT2D eigenvalue weighted by Gasteiger charge is -2.12. The van der Waals surface area contributed by atoms with Crippen LogP contribution in [0.1, 0.15) is 22.0 Å². The SMILES string of the molecule is C(/C=C/c1cccs1)=NC(c1ccccc1)c1ccccc1. The Morgan fingerprint density at radius 2 is 1.41 bits per heavy atom. The molecule has 0 fully saturated rings. The van der Waals surface area contributed by atoms with Crippen LogP contribution in [0.15, 0.2) is 89.2 Å². The Kier molecular flexibility index (Phi) is 4.96. The van der Waals surface area contributed by atoms with Crippen molar-refractivity contribution >= 4 is 23.6 Å². The molecule has 0 saturated heterocycles. The minimum Gasteiger partial charge on any atom is -0.280 e. The largest absolute Gasteiger partial charge is 0.280 e. The summed E-state index contributed by atoms with van der Waals surface area (Å²) in [6, 6.07) is 25.0.